The van der Waals surface area contributed by atoms with E-state index in [1.807, 2.05) is 32.2 Å². The van der Waals surface area contributed by atoms with Gasteiger partial charge in [0, 0.05) is 25.0 Å². The van der Waals surface area contributed by atoms with Gasteiger partial charge in [-0.2, -0.15) is 5.26 Å². The van der Waals surface area contributed by atoms with E-state index >= 15 is 0 Å². The van der Waals surface area contributed by atoms with Crippen molar-refractivity contribution >= 4 is 21.9 Å². The van der Waals surface area contributed by atoms with Gasteiger partial charge < -0.3 is 13.7 Å². The standard InChI is InChI=1S/C23H23N5O2/c1-13-8-17(6-7-29-13)28-22(10-20-14(2)30-15(3)26-20)27-21-12-25-19-5-4-16(11-24)9-18(19)23(21)28/h4-5,9,12-13,17H,6-8,10H2,1-3H3/t13-,17?/m1/s1. The van der Waals surface area contributed by atoms with Crippen LogP contribution in [0.15, 0.2) is 28.8 Å². The van der Waals surface area contributed by atoms with Gasteiger partial charge in [-0.15, -0.1) is 0 Å². The predicted molar refractivity (Wildman–Crippen MR) is 112 cm³/mol. The van der Waals surface area contributed by atoms with Crippen molar-refractivity contribution in [2.75, 3.05) is 6.61 Å². The first-order valence-electron chi connectivity index (χ1n) is 10.3. The first kappa shape index (κ1) is 18.8. The smallest absolute Gasteiger partial charge is 0.191 e. The number of hydrogen-bond donors (Lipinski definition) is 0. The van der Waals surface area contributed by atoms with Crippen LogP contribution in [0.5, 0.6) is 0 Å². The minimum absolute atomic E-state index is 0.188. The van der Waals surface area contributed by atoms with E-state index < -0.39 is 0 Å². The lowest BCUT2D eigenvalue weighted by Gasteiger charge is -2.30. The highest BCUT2D eigenvalue weighted by Gasteiger charge is 2.27. The molecule has 0 saturated carbocycles. The molecule has 2 atom stereocenters. The van der Waals surface area contributed by atoms with E-state index in [2.05, 4.69) is 27.5 Å². The summed E-state index contributed by atoms with van der Waals surface area (Å²) in [5, 5.41) is 10.4. The molecule has 1 unspecified atom stereocenters. The van der Waals surface area contributed by atoms with E-state index in [4.69, 9.17) is 14.1 Å². The van der Waals surface area contributed by atoms with Gasteiger partial charge in [0.2, 0.25) is 0 Å². The van der Waals surface area contributed by atoms with E-state index in [0.29, 0.717) is 17.9 Å². The minimum Gasteiger partial charge on any atom is -0.446 e. The Balaban J connectivity index is 1.76. The fourth-order valence-electron chi connectivity index (χ4n) is 4.51. The second-order valence-electron chi connectivity index (χ2n) is 8.01. The van der Waals surface area contributed by atoms with Crippen LogP contribution in [0, 0.1) is 25.2 Å². The average Bonchev–Trinajstić information content (AvgIpc) is 3.26. The Labute approximate surface area is 174 Å². The molecule has 0 aliphatic carbocycles. The number of aryl methyl sites for hydroxylation is 2. The third kappa shape index (κ3) is 3.14. The summed E-state index contributed by atoms with van der Waals surface area (Å²) in [5.41, 5.74) is 4.25. The molecular weight excluding hydrogens is 378 g/mol. The summed E-state index contributed by atoms with van der Waals surface area (Å²) < 4.78 is 13.8. The van der Waals surface area contributed by atoms with Gasteiger partial charge in [0.05, 0.1) is 47.1 Å². The highest BCUT2D eigenvalue weighted by Crippen LogP contribution is 2.34. The minimum atomic E-state index is 0.188. The van der Waals surface area contributed by atoms with Crippen LogP contribution in [-0.4, -0.2) is 32.2 Å². The lowest BCUT2D eigenvalue weighted by Crippen LogP contribution is -2.26. The van der Waals surface area contributed by atoms with Crippen molar-refractivity contribution in [3.05, 3.63) is 53.1 Å². The maximum absolute atomic E-state index is 9.43. The van der Waals surface area contributed by atoms with Gasteiger partial charge in [-0.1, -0.05) is 0 Å². The first-order chi connectivity index (χ1) is 14.5. The number of hydrogen-bond acceptors (Lipinski definition) is 6. The molecule has 5 rings (SSSR count). The van der Waals surface area contributed by atoms with Crippen molar-refractivity contribution in [1.82, 2.24) is 19.5 Å². The van der Waals surface area contributed by atoms with Gasteiger partial charge in [-0.25, -0.2) is 9.97 Å². The average molecular weight is 401 g/mol. The van der Waals surface area contributed by atoms with E-state index in [1.54, 1.807) is 6.07 Å². The third-order valence-corrected chi connectivity index (χ3v) is 5.87. The highest BCUT2D eigenvalue weighted by atomic mass is 16.5. The Morgan fingerprint density at radius 1 is 1.23 bits per heavy atom. The predicted octanol–water partition coefficient (Wildman–Crippen LogP) is 4.39. The van der Waals surface area contributed by atoms with Gasteiger partial charge in [-0.05, 0) is 44.9 Å². The molecule has 0 radical (unpaired) electrons. The summed E-state index contributed by atoms with van der Waals surface area (Å²) in [6, 6.07) is 8.14. The Morgan fingerprint density at radius 2 is 2.10 bits per heavy atom. The van der Waals surface area contributed by atoms with Gasteiger partial charge in [0.25, 0.3) is 0 Å². The number of ether oxygens (including phenoxy) is 1. The monoisotopic (exact) mass is 401 g/mol. The molecule has 0 spiro atoms. The van der Waals surface area contributed by atoms with Crippen molar-refractivity contribution < 1.29 is 9.15 Å². The Bertz CT molecular complexity index is 1300. The molecule has 0 N–H and O–H groups in total. The van der Waals surface area contributed by atoms with Crippen LogP contribution in [0.3, 0.4) is 0 Å². The molecule has 30 heavy (non-hydrogen) atoms. The summed E-state index contributed by atoms with van der Waals surface area (Å²) >= 11 is 0. The van der Waals surface area contributed by atoms with Gasteiger partial charge in [0.15, 0.2) is 5.89 Å². The number of nitrogens with zero attached hydrogens (tertiary/aromatic N) is 5. The summed E-state index contributed by atoms with van der Waals surface area (Å²) in [7, 11) is 0. The molecule has 1 saturated heterocycles. The number of oxazole rings is 1. The van der Waals surface area contributed by atoms with Crippen LogP contribution in [0.4, 0.5) is 0 Å². The van der Waals surface area contributed by atoms with Crippen molar-refractivity contribution in [2.24, 2.45) is 0 Å². The highest BCUT2D eigenvalue weighted by molar-refractivity contribution is 6.02. The molecule has 0 amide bonds. The number of pyridine rings is 1. The lowest BCUT2D eigenvalue weighted by molar-refractivity contribution is 0.00630. The first-order valence-corrected chi connectivity index (χ1v) is 10.3. The van der Waals surface area contributed by atoms with Crippen LogP contribution >= 0.6 is 0 Å². The summed E-state index contributed by atoms with van der Waals surface area (Å²) in [6.45, 7) is 6.64. The SMILES string of the molecule is Cc1nc(Cc2nc3cnc4ccc(C#N)cc4c3n2C2CCO[C@H](C)C2)c(C)o1. The molecule has 152 valence electrons. The number of aromatic nitrogens is 4. The van der Waals surface area contributed by atoms with Crippen LogP contribution in [-0.2, 0) is 11.2 Å². The van der Waals surface area contributed by atoms with Crippen LogP contribution < -0.4 is 0 Å². The summed E-state index contributed by atoms with van der Waals surface area (Å²) in [5.74, 6) is 2.42. The number of benzene rings is 1. The molecule has 7 heteroatoms. The zero-order valence-corrected chi connectivity index (χ0v) is 17.3. The fraction of sp³-hybridized carbons (Fsp3) is 0.391. The Morgan fingerprint density at radius 3 is 2.83 bits per heavy atom. The Hall–Kier alpha value is -3.24. The molecule has 1 aliphatic rings. The quantitative estimate of drug-likeness (QED) is 0.506. The number of rotatable bonds is 3. The summed E-state index contributed by atoms with van der Waals surface area (Å²) in [6.07, 6.45) is 4.43. The molecule has 7 nitrogen and oxygen atoms in total. The van der Waals surface area contributed by atoms with Crippen molar-refractivity contribution in [3.63, 3.8) is 0 Å². The number of imidazole rings is 1. The molecule has 1 fully saturated rings. The fourth-order valence-corrected chi connectivity index (χ4v) is 4.51. The maximum Gasteiger partial charge on any atom is 0.191 e. The van der Waals surface area contributed by atoms with Gasteiger partial charge in [-0.3, -0.25) is 4.98 Å². The zero-order valence-electron chi connectivity index (χ0n) is 17.3. The topological polar surface area (TPSA) is 89.8 Å². The lowest BCUT2D eigenvalue weighted by atomic mass is 10.0. The second-order valence-corrected chi connectivity index (χ2v) is 8.01. The summed E-state index contributed by atoms with van der Waals surface area (Å²) in [4.78, 5) is 14.1. The molecule has 1 aliphatic heterocycles. The molecule has 0 bridgehead atoms. The zero-order chi connectivity index (χ0) is 20.8. The molecule has 1 aromatic carbocycles. The second kappa shape index (κ2) is 7.22. The number of fused-ring (bicyclic) bond motifs is 3. The number of nitriles is 1. The maximum atomic E-state index is 9.43. The van der Waals surface area contributed by atoms with E-state index in [-0.39, 0.29) is 12.1 Å². The van der Waals surface area contributed by atoms with Crippen molar-refractivity contribution in [2.45, 2.75) is 52.2 Å². The largest absolute Gasteiger partial charge is 0.446 e. The molecule has 4 heterocycles. The third-order valence-electron chi connectivity index (χ3n) is 5.87. The van der Waals surface area contributed by atoms with Crippen molar-refractivity contribution in [1.29, 1.82) is 5.26 Å². The van der Waals surface area contributed by atoms with Crippen molar-refractivity contribution in [3.8, 4) is 6.07 Å². The van der Waals surface area contributed by atoms with E-state index in [1.165, 1.54) is 0 Å². The van der Waals surface area contributed by atoms with Crippen LogP contribution in [0.2, 0.25) is 0 Å². The normalized spacial score (nSPS) is 19.4. The van der Waals surface area contributed by atoms with E-state index in [0.717, 1.165) is 58.7 Å². The van der Waals surface area contributed by atoms with Crippen LogP contribution in [0.25, 0.3) is 21.9 Å². The van der Waals surface area contributed by atoms with Gasteiger partial charge in [0.1, 0.15) is 17.1 Å². The molecule has 3 aromatic heterocycles. The Kier molecular flexibility index (Phi) is 4.52. The van der Waals surface area contributed by atoms with Crippen LogP contribution in [0.1, 0.15) is 54.5 Å². The van der Waals surface area contributed by atoms with Gasteiger partial charge >= 0.3 is 0 Å². The molecule has 4 aromatic rings. The van der Waals surface area contributed by atoms with E-state index in [9.17, 15) is 5.26 Å². The molecular formula is C23H23N5O2.